The lowest BCUT2D eigenvalue weighted by Gasteiger charge is -2.25. The number of ketones is 1. The zero-order chi connectivity index (χ0) is 26.1. The number of Topliss-reactive ketones (excluding diaryl/α,β-unsaturated/α-hetero) is 1. The highest BCUT2D eigenvalue weighted by molar-refractivity contribution is 6.52. The van der Waals surface area contributed by atoms with E-state index in [0.717, 1.165) is 10.9 Å². The number of para-hydroxylation sites is 3. The number of hydrogen-bond acceptors (Lipinski definition) is 6. The molecule has 188 valence electrons. The van der Waals surface area contributed by atoms with Crippen molar-refractivity contribution in [3.63, 3.8) is 0 Å². The van der Waals surface area contributed by atoms with Gasteiger partial charge in [-0.25, -0.2) is 0 Å². The number of rotatable bonds is 7. The number of nitrogens with zero attached hydrogens (tertiary/aromatic N) is 1. The van der Waals surface area contributed by atoms with Crippen LogP contribution in [0.3, 0.4) is 0 Å². The number of carbonyl (C=O) groups excluding carboxylic acids is 2. The second-order valence-corrected chi connectivity index (χ2v) is 8.47. The molecule has 5 rings (SSSR count). The summed E-state index contributed by atoms with van der Waals surface area (Å²) in [5.41, 5.74) is 1.71. The van der Waals surface area contributed by atoms with Crippen LogP contribution in [0.5, 0.6) is 17.2 Å². The van der Waals surface area contributed by atoms with Crippen molar-refractivity contribution in [3.8, 4) is 17.2 Å². The van der Waals surface area contributed by atoms with Crippen molar-refractivity contribution in [1.82, 2.24) is 4.98 Å². The van der Waals surface area contributed by atoms with Gasteiger partial charge in [-0.2, -0.15) is 0 Å². The molecular formula is C29H26N2O6. The minimum Gasteiger partial charge on any atom is -0.507 e. The Morgan fingerprint density at radius 2 is 1.70 bits per heavy atom. The Morgan fingerprint density at radius 1 is 0.973 bits per heavy atom. The molecule has 0 radical (unpaired) electrons. The standard InChI is InChI=1S/C29H26N2O6/c1-3-36-17-13-14-19(24(15-17)37-4-2)27(33)25-26(20-16-30-21-10-6-5-9-18(20)21)31(29(35)28(25)34)22-11-7-8-12-23(22)32/h5-16,26,30,32-33H,3-4H2,1-2H3/b27-25+. The number of ether oxygens (including phenoxy) is 2. The molecule has 1 unspecified atom stereocenters. The van der Waals surface area contributed by atoms with E-state index in [1.165, 1.54) is 11.0 Å². The van der Waals surface area contributed by atoms with Gasteiger partial charge in [0.15, 0.2) is 0 Å². The maximum absolute atomic E-state index is 13.5. The van der Waals surface area contributed by atoms with Gasteiger partial charge in [-0.05, 0) is 44.2 Å². The van der Waals surface area contributed by atoms with Gasteiger partial charge in [0.2, 0.25) is 0 Å². The number of phenolic OH excluding ortho intramolecular Hbond substituents is 1. The predicted octanol–water partition coefficient (Wildman–Crippen LogP) is 5.30. The van der Waals surface area contributed by atoms with Gasteiger partial charge in [-0.1, -0.05) is 30.3 Å². The van der Waals surface area contributed by atoms with Gasteiger partial charge in [0.05, 0.1) is 36.1 Å². The van der Waals surface area contributed by atoms with Crippen LogP contribution in [0.4, 0.5) is 5.69 Å². The number of phenols is 1. The highest BCUT2D eigenvalue weighted by atomic mass is 16.5. The van der Waals surface area contributed by atoms with Gasteiger partial charge in [0.1, 0.15) is 23.0 Å². The largest absolute Gasteiger partial charge is 0.507 e. The third-order valence-electron chi connectivity index (χ3n) is 6.32. The van der Waals surface area contributed by atoms with E-state index in [1.54, 1.807) is 49.5 Å². The molecule has 1 aliphatic rings. The van der Waals surface area contributed by atoms with Crippen LogP contribution in [0.25, 0.3) is 16.7 Å². The van der Waals surface area contributed by atoms with Gasteiger partial charge < -0.3 is 24.7 Å². The quantitative estimate of drug-likeness (QED) is 0.181. The molecule has 0 bridgehead atoms. The summed E-state index contributed by atoms with van der Waals surface area (Å²) in [7, 11) is 0. The Balaban J connectivity index is 1.77. The number of hydrogen-bond donors (Lipinski definition) is 3. The fourth-order valence-corrected chi connectivity index (χ4v) is 4.74. The summed E-state index contributed by atoms with van der Waals surface area (Å²) < 4.78 is 11.3. The van der Waals surface area contributed by atoms with E-state index in [1.807, 2.05) is 31.2 Å². The molecule has 8 nitrogen and oxygen atoms in total. The lowest BCUT2D eigenvalue weighted by Crippen LogP contribution is -2.29. The number of aromatic amines is 1. The predicted molar refractivity (Wildman–Crippen MR) is 140 cm³/mol. The third-order valence-corrected chi connectivity index (χ3v) is 6.32. The second kappa shape index (κ2) is 9.73. The molecule has 8 heteroatoms. The van der Waals surface area contributed by atoms with E-state index in [4.69, 9.17) is 9.47 Å². The summed E-state index contributed by atoms with van der Waals surface area (Å²) in [4.78, 5) is 31.4. The van der Waals surface area contributed by atoms with Crippen LogP contribution < -0.4 is 14.4 Å². The van der Waals surface area contributed by atoms with E-state index in [0.29, 0.717) is 30.3 Å². The minimum absolute atomic E-state index is 0.108. The molecule has 1 atom stereocenters. The summed E-state index contributed by atoms with van der Waals surface area (Å²) in [6, 6.07) is 17.7. The molecule has 3 N–H and O–H groups in total. The molecule has 4 aromatic rings. The first kappa shape index (κ1) is 24.0. The molecule has 1 aliphatic heterocycles. The molecule has 3 aromatic carbocycles. The van der Waals surface area contributed by atoms with Gasteiger partial charge in [-0.3, -0.25) is 14.5 Å². The number of aliphatic hydroxyl groups excluding tert-OH is 1. The zero-order valence-corrected chi connectivity index (χ0v) is 20.4. The van der Waals surface area contributed by atoms with Gasteiger partial charge in [-0.15, -0.1) is 0 Å². The number of aromatic nitrogens is 1. The molecule has 1 amide bonds. The van der Waals surface area contributed by atoms with Crippen LogP contribution in [-0.2, 0) is 9.59 Å². The Bertz CT molecular complexity index is 1540. The van der Waals surface area contributed by atoms with Gasteiger partial charge in [0, 0.05) is 28.7 Å². The molecule has 0 spiro atoms. The summed E-state index contributed by atoms with van der Waals surface area (Å²) in [6.07, 6.45) is 1.71. The van der Waals surface area contributed by atoms with Crippen molar-refractivity contribution in [2.75, 3.05) is 18.1 Å². The smallest absolute Gasteiger partial charge is 0.300 e. The molecule has 0 aliphatic carbocycles. The Labute approximate surface area is 213 Å². The molecule has 2 heterocycles. The first-order valence-electron chi connectivity index (χ1n) is 12.0. The van der Waals surface area contributed by atoms with Crippen molar-refractivity contribution in [2.24, 2.45) is 0 Å². The lowest BCUT2D eigenvalue weighted by molar-refractivity contribution is -0.132. The normalized spacial score (nSPS) is 16.9. The maximum Gasteiger partial charge on any atom is 0.300 e. The van der Waals surface area contributed by atoms with Crippen LogP contribution in [0.2, 0.25) is 0 Å². The number of nitrogens with one attached hydrogen (secondary N) is 1. The first-order valence-corrected chi connectivity index (χ1v) is 12.0. The highest BCUT2D eigenvalue weighted by Crippen LogP contribution is 2.47. The van der Waals surface area contributed by atoms with Crippen molar-refractivity contribution in [3.05, 3.63) is 89.6 Å². The number of benzene rings is 3. The summed E-state index contributed by atoms with van der Waals surface area (Å²) in [6.45, 7) is 4.42. The number of carbonyl (C=O) groups is 2. The van der Waals surface area contributed by atoms with Crippen molar-refractivity contribution in [1.29, 1.82) is 0 Å². The summed E-state index contributed by atoms with van der Waals surface area (Å²) in [5, 5.41) is 23.0. The SMILES string of the molecule is CCOc1ccc(/C(O)=C2\C(=O)C(=O)N(c3ccccc3O)C2c2c[nH]c3ccccc23)c(OCC)c1. The third kappa shape index (κ3) is 4.06. The lowest BCUT2D eigenvalue weighted by atomic mass is 9.94. The number of anilines is 1. The number of amides is 1. The Morgan fingerprint density at radius 3 is 2.46 bits per heavy atom. The highest BCUT2D eigenvalue weighted by Gasteiger charge is 2.48. The fourth-order valence-electron chi connectivity index (χ4n) is 4.74. The van der Waals surface area contributed by atoms with E-state index in [2.05, 4.69) is 4.98 Å². The van der Waals surface area contributed by atoms with Gasteiger partial charge in [0.25, 0.3) is 11.7 Å². The molecule has 0 saturated carbocycles. The van der Waals surface area contributed by atoms with Crippen LogP contribution in [0.1, 0.15) is 31.0 Å². The van der Waals surface area contributed by atoms with E-state index >= 15 is 0 Å². The topological polar surface area (TPSA) is 112 Å². The summed E-state index contributed by atoms with van der Waals surface area (Å²) in [5.74, 6) is -1.40. The molecule has 1 saturated heterocycles. The van der Waals surface area contributed by atoms with Crippen molar-refractivity contribution < 1.29 is 29.3 Å². The van der Waals surface area contributed by atoms with Crippen LogP contribution >= 0.6 is 0 Å². The second-order valence-electron chi connectivity index (χ2n) is 8.47. The van der Waals surface area contributed by atoms with Crippen LogP contribution in [-0.4, -0.2) is 40.1 Å². The monoisotopic (exact) mass is 498 g/mol. The number of aliphatic hydroxyl groups is 1. The van der Waals surface area contributed by atoms with Crippen molar-refractivity contribution in [2.45, 2.75) is 19.9 Å². The van der Waals surface area contributed by atoms with Crippen molar-refractivity contribution >= 4 is 34.0 Å². The van der Waals surface area contributed by atoms with E-state index in [-0.39, 0.29) is 28.3 Å². The molecule has 1 aromatic heterocycles. The number of fused-ring (bicyclic) bond motifs is 1. The average Bonchev–Trinajstić information content (AvgIpc) is 3.43. The molecular weight excluding hydrogens is 472 g/mol. The fraction of sp³-hybridized carbons (Fsp3) is 0.172. The van der Waals surface area contributed by atoms with Crippen LogP contribution in [0, 0.1) is 0 Å². The van der Waals surface area contributed by atoms with E-state index < -0.39 is 17.7 Å². The Kier molecular flexibility index (Phi) is 6.31. The molecule has 37 heavy (non-hydrogen) atoms. The number of aromatic hydroxyl groups is 1. The maximum atomic E-state index is 13.5. The minimum atomic E-state index is -1.01. The average molecular weight is 499 g/mol. The van der Waals surface area contributed by atoms with Gasteiger partial charge >= 0.3 is 0 Å². The number of H-pyrrole nitrogens is 1. The zero-order valence-electron chi connectivity index (χ0n) is 20.4. The summed E-state index contributed by atoms with van der Waals surface area (Å²) >= 11 is 0. The Hall–Kier alpha value is -4.72. The van der Waals surface area contributed by atoms with E-state index in [9.17, 15) is 19.8 Å². The first-order chi connectivity index (χ1) is 18.0. The van der Waals surface area contributed by atoms with Crippen LogP contribution in [0.15, 0.2) is 78.5 Å². The molecule has 1 fully saturated rings.